The third-order valence-electron chi connectivity index (χ3n) is 4.41. The van der Waals surface area contributed by atoms with Crippen molar-refractivity contribution in [1.29, 1.82) is 0 Å². The molecule has 3 rings (SSSR count). The third-order valence-corrected chi connectivity index (χ3v) is 4.41. The Kier molecular flexibility index (Phi) is 4.00. The Morgan fingerprint density at radius 2 is 1.27 bits per heavy atom. The van der Waals surface area contributed by atoms with Gasteiger partial charge in [-0.05, 0) is 37.1 Å². The topological polar surface area (TPSA) is 9.23 Å². The molecule has 2 aromatic carbocycles. The Hall–Kier alpha value is -2.12. The third kappa shape index (κ3) is 2.77. The van der Waals surface area contributed by atoms with Crippen LogP contribution in [0.5, 0.6) is 0 Å². The van der Waals surface area contributed by atoms with Crippen molar-refractivity contribution in [2.75, 3.05) is 7.11 Å². The Bertz CT molecular complexity index is 676. The Morgan fingerprint density at radius 1 is 0.773 bits per heavy atom. The average Bonchev–Trinajstić information content (AvgIpc) is 2.56. The predicted molar refractivity (Wildman–Crippen MR) is 92.1 cm³/mol. The fraction of sp³-hybridized carbons (Fsp3) is 0.238. The first kappa shape index (κ1) is 14.8. The second kappa shape index (κ2) is 5.94. The molecular weight excluding hydrogens is 268 g/mol. The molecule has 0 aromatic heterocycles. The van der Waals surface area contributed by atoms with Crippen LogP contribution in [-0.4, -0.2) is 7.11 Å². The fourth-order valence-electron chi connectivity index (χ4n) is 2.88. The van der Waals surface area contributed by atoms with Crippen LogP contribution in [-0.2, 0) is 10.3 Å². The molecule has 0 saturated heterocycles. The van der Waals surface area contributed by atoms with Crippen LogP contribution in [0.2, 0.25) is 0 Å². The Morgan fingerprint density at radius 3 is 1.77 bits per heavy atom. The van der Waals surface area contributed by atoms with Crippen LogP contribution in [0.4, 0.5) is 0 Å². The number of benzene rings is 2. The normalized spacial score (nSPS) is 23.7. The van der Waals surface area contributed by atoms with Gasteiger partial charge in [0.1, 0.15) is 5.60 Å². The number of ether oxygens (including phenoxy) is 1. The van der Waals surface area contributed by atoms with Crippen molar-refractivity contribution in [1.82, 2.24) is 0 Å². The van der Waals surface area contributed by atoms with Crippen LogP contribution in [0.3, 0.4) is 0 Å². The zero-order chi connectivity index (χ0) is 15.6. The molecule has 112 valence electrons. The molecule has 1 heteroatoms. The summed E-state index contributed by atoms with van der Waals surface area (Å²) in [7, 11) is 1.76. The van der Waals surface area contributed by atoms with E-state index < -0.39 is 5.60 Å². The first-order valence-corrected chi connectivity index (χ1v) is 7.70. The van der Waals surface area contributed by atoms with Gasteiger partial charge in [-0.3, -0.25) is 0 Å². The van der Waals surface area contributed by atoms with Gasteiger partial charge in [-0.2, -0.15) is 0 Å². The van der Waals surface area contributed by atoms with Gasteiger partial charge in [-0.1, -0.05) is 71.8 Å². The monoisotopic (exact) mass is 290 g/mol. The molecular formula is C21H22O. The van der Waals surface area contributed by atoms with Gasteiger partial charge in [-0.25, -0.2) is 0 Å². The molecule has 1 nitrogen and oxygen atoms in total. The van der Waals surface area contributed by atoms with Gasteiger partial charge in [-0.15, -0.1) is 0 Å². The summed E-state index contributed by atoms with van der Waals surface area (Å²) in [4.78, 5) is 0. The van der Waals surface area contributed by atoms with Crippen molar-refractivity contribution < 1.29 is 4.74 Å². The lowest BCUT2D eigenvalue weighted by atomic mass is 9.84. The van der Waals surface area contributed by atoms with Gasteiger partial charge >= 0.3 is 0 Å². The summed E-state index contributed by atoms with van der Waals surface area (Å²) >= 11 is 0. The highest BCUT2D eigenvalue weighted by Gasteiger charge is 2.29. The summed E-state index contributed by atoms with van der Waals surface area (Å²) in [5.41, 5.74) is 4.58. The smallest absolute Gasteiger partial charge is 0.129 e. The molecule has 0 radical (unpaired) electrons. The minimum Gasteiger partial charge on any atom is -0.365 e. The van der Waals surface area contributed by atoms with Crippen LogP contribution in [0, 0.1) is 13.8 Å². The maximum absolute atomic E-state index is 5.83. The van der Waals surface area contributed by atoms with E-state index in [9.17, 15) is 0 Å². The number of allylic oxidation sites excluding steroid dienone is 2. The van der Waals surface area contributed by atoms with E-state index in [2.05, 4.69) is 86.7 Å². The zero-order valence-electron chi connectivity index (χ0n) is 13.4. The van der Waals surface area contributed by atoms with Crippen molar-refractivity contribution in [3.63, 3.8) is 0 Å². The highest BCUT2D eigenvalue weighted by molar-refractivity contribution is 5.42. The molecule has 0 aliphatic heterocycles. The summed E-state index contributed by atoms with van der Waals surface area (Å²) in [6.45, 7) is 4.22. The van der Waals surface area contributed by atoms with Crippen LogP contribution in [0.1, 0.15) is 28.2 Å². The van der Waals surface area contributed by atoms with Crippen molar-refractivity contribution in [2.45, 2.75) is 25.4 Å². The molecule has 0 unspecified atom stereocenters. The summed E-state index contributed by atoms with van der Waals surface area (Å²) in [6.07, 6.45) is 8.80. The van der Waals surface area contributed by atoms with Crippen molar-refractivity contribution in [2.24, 2.45) is 0 Å². The van der Waals surface area contributed by atoms with Gasteiger partial charge < -0.3 is 4.74 Å². The molecule has 1 aliphatic carbocycles. The number of rotatable bonds is 3. The van der Waals surface area contributed by atoms with Crippen molar-refractivity contribution in [3.8, 4) is 0 Å². The van der Waals surface area contributed by atoms with E-state index in [1.54, 1.807) is 7.11 Å². The first-order chi connectivity index (χ1) is 10.6. The van der Waals surface area contributed by atoms with Gasteiger partial charge in [0.2, 0.25) is 0 Å². The lowest BCUT2D eigenvalue weighted by Gasteiger charge is -2.30. The summed E-state index contributed by atoms with van der Waals surface area (Å²) < 4.78 is 5.83. The van der Waals surface area contributed by atoms with Crippen LogP contribution < -0.4 is 0 Å². The first-order valence-electron chi connectivity index (χ1n) is 7.70. The molecule has 1 aliphatic rings. The number of aryl methyl sites for hydroxylation is 2. The standard InChI is InChI=1S/C21H22O/c1-16-4-8-18(9-5-16)19-12-14-21(22-3,15-13-19)20-10-6-17(2)7-11-20/h4-15,19H,1-3H3. The second-order valence-electron chi connectivity index (χ2n) is 6.02. The minimum absolute atomic E-state index is 0.314. The Labute approximate surface area is 133 Å². The van der Waals surface area contributed by atoms with E-state index in [0.717, 1.165) is 5.56 Å². The highest BCUT2D eigenvalue weighted by atomic mass is 16.5. The summed E-state index contributed by atoms with van der Waals surface area (Å²) in [5.74, 6) is 0.314. The minimum atomic E-state index is -0.450. The number of hydrogen-bond donors (Lipinski definition) is 0. The summed E-state index contributed by atoms with van der Waals surface area (Å²) in [6, 6.07) is 17.2. The Balaban J connectivity index is 1.89. The highest BCUT2D eigenvalue weighted by Crippen LogP contribution is 2.35. The van der Waals surface area contributed by atoms with Gasteiger partial charge in [0.15, 0.2) is 0 Å². The largest absolute Gasteiger partial charge is 0.365 e. The zero-order valence-corrected chi connectivity index (χ0v) is 13.4. The van der Waals surface area contributed by atoms with Crippen molar-refractivity contribution in [3.05, 3.63) is 95.1 Å². The fourth-order valence-corrected chi connectivity index (χ4v) is 2.88. The molecule has 0 spiro atoms. The van der Waals surface area contributed by atoms with Gasteiger partial charge in [0.05, 0.1) is 0 Å². The SMILES string of the molecule is COC1(c2ccc(C)cc2)C=CC(c2ccc(C)cc2)C=C1. The molecule has 0 heterocycles. The van der Waals surface area contributed by atoms with E-state index in [-0.39, 0.29) is 0 Å². The molecule has 2 aromatic rings. The van der Waals surface area contributed by atoms with E-state index in [4.69, 9.17) is 4.74 Å². The second-order valence-corrected chi connectivity index (χ2v) is 6.02. The van der Waals surface area contributed by atoms with E-state index >= 15 is 0 Å². The van der Waals surface area contributed by atoms with Crippen molar-refractivity contribution >= 4 is 0 Å². The molecule has 0 fully saturated rings. The lowest BCUT2D eigenvalue weighted by Crippen LogP contribution is -2.25. The van der Waals surface area contributed by atoms with E-state index in [1.165, 1.54) is 16.7 Å². The summed E-state index contributed by atoms with van der Waals surface area (Å²) in [5, 5.41) is 0. The van der Waals surface area contributed by atoms with Crippen LogP contribution in [0.15, 0.2) is 72.8 Å². The average molecular weight is 290 g/mol. The van der Waals surface area contributed by atoms with Gasteiger partial charge in [0, 0.05) is 13.0 Å². The maximum atomic E-state index is 5.83. The predicted octanol–water partition coefficient (Wildman–Crippen LogP) is 5.05. The molecule has 0 N–H and O–H groups in total. The molecule has 0 saturated carbocycles. The molecule has 22 heavy (non-hydrogen) atoms. The molecule has 0 amide bonds. The number of methoxy groups -OCH3 is 1. The lowest BCUT2D eigenvalue weighted by molar-refractivity contribution is 0.0707. The quantitative estimate of drug-likeness (QED) is 0.718. The van der Waals surface area contributed by atoms with Crippen LogP contribution >= 0.6 is 0 Å². The van der Waals surface area contributed by atoms with E-state index in [1.807, 2.05) is 0 Å². The van der Waals surface area contributed by atoms with Gasteiger partial charge in [0.25, 0.3) is 0 Å². The molecule has 0 atom stereocenters. The van der Waals surface area contributed by atoms with Crippen LogP contribution in [0.25, 0.3) is 0 Å². The van der Waals surface area contributed by atoms with E-state index in [0.29, 0.717) is 5.92 Å². The maximum Gasteiger partial charge on any atom is 0.129 e. The number of hydrogen-bond acceptors (Lipinski definition) is 1. The molecule has 0 bridgehead atoms.